The van der Waals surface area contributed by atoms with Crippen molar-refractivity contribution >= 4 is 11.7 Å². The van der Waals surface area contributed by atoms with Gasteiger partial charge in [-0.3, -0.25) is 19.5 Å². The lowest BCUT2D eigenvalue weighted by atomic mass is 9.90. The Kier molecular flexibility index (Phi) is 9.65. The Hall–Kier alpha value is -3.92. The second-order valence-corrected chi connectivity index (χ2v) is 11.4. The van der Waals surface area contributed by atoms with E-state index in [0.29, 0.717) is 37.3 Å². The van der Waals surface area contributed by atoms with Crippen molar-refractivity contribution in [2.24, 2.45) is 5.92 Å². The van der Waals surface area contributed by atoms with Gasteiger partial charge in [0.25, 0.3) is 5.91 Å². The van der Waals surface area contributed by atoms with Gasteiger partial charge in [-0.2, -0.15) is 0 Å². The van der Waals surface area contributed by atoms with Crippen LogP contribution in [0, 0.1) is 12.8 Å². The highest BCUT2D eigenvalue weighted by Gasteiger charge is 2.31. The van der Waals surface area contributed by atoms with Crippen LogP contribution in [-0.2, 0) is 6.54 Å². The van der Waals surface area contributed by atoms with Gasteiger partial charge in [-0.25, -0.2) is 0 Å². The summed E-state index contributed by atoms with van der Waals surface area (Å²) in [7, 11) is 0. The Morgan fingerprint density at radius 1 is 0.907 bits per heavy atom. The van der Waals surface area contributed by atoms with E-state index in [9.17, 15) is 22.8 Å². The minimum absolute atomic E-state index is 0.0523. The molecule has 0 radical (unpaired) electrons. The monoisotopic (exact) mass is 595 g/mol. The summed E-state index contributed by atoms with van der Waals surface area (Å²) in [6, 6.07) is 17.3. The molecule has 2 aliphatic rings. The van der Waals surface area contributed by atoms with Gasteiger partial charge in [-0.1, -0.05) is 29.8 Å². The minimum Gasteiger partial charge on any atom is -0.490 e. The molecule has 0 spiro atoms. The summed E-state index contributed by atoms with van der Waals surface area (Å²) in [4.78, 5) is 34.3. The molecule has 10 heteroatoms. The van der Waals surface area contributed by atoms with Crippen molar-refractivity contribution in [2.75, 3.05) is 26.2 Å². The molecule has 5 rings (SSSR count). The van der Waals surface area contributed by atoms with E-state index in [4.69, 9.17) is 4.74 Å². The molecular weight excluding hydrogens is 559 g/mol. The molecule has 2 fully saturated rings. The summed E-state index contributed by atoms with van der Waals surface area (Å²) in [6.45, 7) is 5.24. The van der Waals surface area contributed by atoms with E-state index in [2.05, 4.69) is 14.6 Å². The van der Waals surface area contributed by atoms with Gasteiger partial charge in [0, 0.05) is 45.1 Å². The maximum atomic E-state index is 13.0. The van der Waals surface area contributed by atoms with Crippen LogP contribution in [0.1, 0.15) is 64.1 Å². The molecule has 0 saturated carbocycles. The third-order valence-corrected chi connectivity index (χ3v) is 8.07. The number of Topliss-reactive ketones (excluding diaryl/α,β-unsaturated/α-hetero) is 1. The number of aromatic nitrogens is 1. The second-order valence-electron chi connectivity index (χ2n) is 11.4. The topological polar surface area (TPSA) is 72.0 Å². The van der Waals surface area contributed by atoms with Crippen LogP contribution in [0.4, 0.5) is 13.2 Å². The Labute approximate surface area is 249 Å². The van der Waals surface area contributed by atoms with Crippen molar-refractivity contribution < 1.29 is 32.2 Å². The van der Waals surface area contributed by atoms with E-state index in [1.54, 1.807) is 29.2 Å². The number of hydrogen-bond donors (Lipinski definition) is 0. The van der Waals surface area contributed by atoms with Gasteiger partial charge in [0.05, 0.1) is 5.56 Å². The Balaban J connectivity index is 1.05. The average Bonchev–Trinajstić information content (AvgIpc) is 2.99. The molecule has 2 saturated heterocycles. The number of alkyl halides is 3. The number of benzene rings is 2. The number of piperidine rings is 2. The molecule has 2 aliphatic heterocycles. The van der Waals surface area contributed by atoms with Crippen molar-refractivity contribution in [1.82, 2.24) is 14.8 Å². The summed E-state index contributed by atoms with van der Waals surface area (Å²) in [5.41, 5.74) is 2.74. The number of rotatable bonds is 9. The van der Waals surface area contributed by atoms with Crippen molar-refractivity contribution in [1.29, 1.82) is 0 Å². The highest BCUT2D eigenvalue weighted by Crippen LogP contribution is 2.27. The van der Waals surface area contributed by atoms with Crippen LogP contribution >= 0.6 is 0 Å². The smallest absolute Gasteiger partial charge is 0.490 e. The summed E-state index contributed by atoms with van der Waals surface area (Å²) in [5, 5.41) is 0. The van der Waals surface area contributed by atoms with E-state index in [1.807, 2.05) is 31.2 Å². The molecule has 0 bridgehead atoms. The fourth-order valence-electron chi connectivity index (χ4n) is 5.67. The van der Waals surface area contributed by atoms with Crippen LogP contribution in [0.3, 0.4) is 0 Å². The number of ether oxygens (including phenoxy) is 2. The van der Waals surface area contributed by atoms with Crippen molar-refractivity contribution in [3.8, 4) is 11.5 Å². The Morgan fingerprint density at radius 2 is 1.63 bits per heavy atom. The highest BCUT2D eigenvalue weighted by atomic mass is 19.4. The zero-order valence-corrected chi connectivity index (χ0v) is 24.2. The Morgan fingerprint density at radius 3 is 2.28 bits per heavy atom. The average molecular weight is 596 g/mol. The summed E-state index contributed by atoms with van der Waals surface area (Å²) < 4.78 is 47.7. The lowest BCUT2D eigenvalue weighted by Gasteiger charge is -2.32. The van der Waals surface area contributed by atoms with Crippen LogP contribution in [0.15, 0.2) is 66.9 Å². The van der Waals surface area contributed by atoms with Crippen LogP contribution < -0.4 is 9.47 Å². The first kappa shape index (κ1) is 30.5. The summed E-state index contributed by atoms with van der Waals surface area (Å²) >= 11 is 0. The number of pyridine rings is 1. The molecule has 228 valence electrons. The molecule has 1 aromatic heterocycles. The number of ketones is 1. The van der Waals surface area contributed by atoms with E-state index in [0.717, 1.165) is 50.1 Å². The number of hydrogen-bond acceptors (Lipinski definition) is 6. The zero-order chi connectivity index (χ0) is 30.4. The quantitative estimate of drug-likeness (QED) is 0.265. The maximum absolute atomic E-state index is 13.0. The van der Waals surface area contributed by atoms with Crippen molar-refractivity contribution in [3.05, 3.63) is 89.2 Å². The number of carbonyl (C=O) groups is 2. The minimum atomic E-state index is -4.72. The third kappa shape index (κ3) is 8.79. The molecule has 7 nitrogen and oxygen atoms in total. The molecule has 43 heavy (non-hydrogen) atoms. The second kappa shape index (κ2) is 13.6. The lowest BCUT2D eigenvalue weighted by Crippen LogP contribution is -2.41. The van der Waals surface area contributed by atoms with Crippen LogP contribution in [0.5, 0.6) is 11.5 Å². The van der Waals surface area contributed by atoms with Crippen LogP contribution in [-0.4, -0.2) is 65.1 Å². The molecule has 0 atom stereocenters. The molecular formula is C33H36F3N3O4. The van der Waals surface area contributed by atoms with Crippen LogP contribution in [0.2, 0.25) is 0 Å². The third-order valence-electron chi connectivity index (χ3n) is 8.07. The number of likely N-dealkylation sites (tertiary alicyclic amines) is 2. The first-order valence-corrected chi connectivity index (χ1v) is 14.7. The number of amides is 1. The first-order chi connectivity index (χ1) is 20.6. The van der Waals surface area contributed by atoms with Gasteiger partial charge in [-0.15, -0.1) is 13.2 Å². The van der Waals surface area contributed by atoms with Crippen LogP contribution in [0.25, 0.3) is 0 Å². The summed E-state index contributed by atoms with van der Waals surface area (Å²) in [5.74, 6) is 0.676. The molecule has 3 aromatic rings. The Bertz CT molecular complexity index is 1380. The maximum Gasteiger partial charge on any atom is 0.573 e. The van der Waals surface area contributed by atoms with Gasteiger partial charge in [-0.05, 0) is 80.7 Å². The largest absolute Gasteiger partial charge is 0.573 e. The summed E-state index contributed by atoms with van der Waals surface area (Å²) in [6.07, 6.45) is 0.337. The number of aryl methyl sites for hydroxylation is 1. The van der Waals surface area contributed by atoms with Gasteiger partial charge < -0.3 is 14.4 Å². The molecule has 0 unspecified atom stereocenters. The molecule has 3 heterocycles. The van der Waals surface area contributed by atoms with Gasteiger partial charge in [0.2, 0.25) is 0 Å². The SMILES string of the molecule is Cc1ccc(OC2CCN(C(=O)c3ccc(C(=O)CC4CCN(Cc5cccc(OC(F)(F)F)c5)CC4)nc3)CC2)cc1. The number of carbonyl (C=O) groups excluding carboxylic acids is 2. The number of nitrogens with zero attached hydrogens (tertiary/aromatic N) is 3. The normalized spacial score (nSPS) is 17.1. The fraction of sp³-hybridized carbons (Fsp3) is 0.424. The predicted octanol–water partition coefficient (Wildman–Crippen LogP) is 6.46. The predicted molar refractivity (Wildman–Crippen MR) is 155 cm³/mol. The number of halogens is 3. The van der Waals surface area contributed by atoms with E-state index in [-0.39, 0.29) is 29.5 Å². The van der Waals surface area contributed by atoms with Crippen molar-refractivity contribution in [3.63, 3.8) is 0 Å². The van der Waals surface area contributed by atoms with E-state index < -0.39 is 6.36 Å². The lowest BCUT2D eigenvalue weighted by molar-refractivity contribution is -0.274. The fourth-order valence-corrected chi connectivity index (χ4v) is 5.67. The molecule has 2 aromatic carbocycles. The molecule has 0 N–H and O–H groups in total. The highest BCUT2D eigenvalue weighted by molar-refractivity contribution is 5.97. The first-order valence-electron chi connectivity index (χ1n) is 14.7. The molecule has 0 aliphatic carbocycles. The zero-order valence-electron chi connectivity index (χ0n) is 24.2. The standard InChI is InChI=1S/C33H36F3N3O4/c1-23-5-8-27(9-6-23)42-28-13-17-39(18-14-28)32(41)26-7-10-30(37-21-26)31(40)20-24-11-15-38(16-12-24)22-25-3-2-4-29(19-25)43-33(34,35)36/h2-10,19,21,24,28H,11-18,20,22H2,1H3. The van der Waals surface area contributed by atoms with Gasteiger partial charge in [0.1, 0.15) is 23.3 Å². The molecule has 1 amide bonds. The van der Waals surface area contributed by atoms with Gasteiger partial charge >= 0.3 is 6.36 Å². The van der Waals surface area contributed by atoms with E-state index in [1.165, 1.54) is 23.9 Å². The van der Waals surface area contributed by atoms with Crippen molar-refractivity contribution in [2.45, 2.75) is 58.0 Å². The van der Waals surface area contributed by atoms with E-state index >= 15 is 0 Å². The van der Waals surface area contributed by atoms with Gasteiger partial charge in [0.15, 0.2) is 5.78 Å².